The van der Waals surface area contributed by atoms with Gasteiger partial charge in [0.25, 0.3) is 0 Å². The zero-order valence-electron chi connectivity index (χ0n) is 15.9. The van der Waals surface area contributed by atoms with E-state index in [-0.39, 0.29) is 5.91 Å². The van der Waals surface area contributed by atoms with Crippen LogP contribution in [0.1, 0.15) is 30.9 Å². The molecule has 2 heterocycles. The summed E-state index contributed by atoms with van der Waals surface area (Å²) < 4.78 is 1.69. The van der Waals surface area contributed by atoms with Gasteiger partial charge in [-0.15, -0.1) is 5.10 Å². The summed E-state index contributed by atoms with van der Waals surface area (Å²) in [4.78, 5) is 14.6. The van der Waals surface area contributed by atoms with Gasteiger partial charge in [0.1, 0.15) is 0 Å². The molecule has 2 aromatic carbocycles. The van der Waals surface area contributed by atoms with Crippen molar-refractivity contribution in [3.05, 3.63) is 59.7 Å². The van der Waals surface area contributed by atoms with Gasteiger partial charge in [0.2, 0.25) is 11.1 Å². The van der Waals surface area contributed by atoms with Crippen LogP contribution in [0.5, 0.6) is 0 Å². The second-order valence-electron chi connectivity index (χ2n) is 6.86. The fourth-order valence-corrected chi connectivity index (χ4v) is 4.18. The molecule has 0 atom stereocenters. The molecule has 0 radical (unpaired) electrons. The lowest BCUT2D eigenvalue weighted by molar-refractivity contribution is -0.116. The zero-order chi connectivity index (χ0) is 19.3. The summed E-state index contributed by atoms with van der Waals surface area (Å²) in [5, 5.41) is 12.6. The molecule has 0 N–H and O–H groups in total. The van der Waals surface area contributed by atoms with E-state index in [9.17, 15) is 4.79 Å². The number of aryl methyl sites for hydroxylation is 1. The maximum Gasteiger partial charge on any atom is 0.237 e. The topological polar surface area (TPSA) is 63.9 Å². The maximum atomic E-state index is 12.7. The Balaban J connectivity index is 1.42. The van der Waals surface area contributed by atoms with Crippen LogP contribution >= 0.6 is 11.8 Å². The number of hydrogen-bond donors (Lipinski definition) is 0. The van der Waals surface area contributed by atoms with E-state index in [0.29, 0.717) is 10.9 Å². The number of thioether (sulfide) groups is 1. The summed E-state index contributed by atoms with van der Waals surface area (Å²) >= 11 is 1.37. The molecule has 0 unspecified atom stereocenters. The predicted octanol–water partition coefficient (Wildman–Crippen LogP) is 3.69. The van der Waals surface area contributed by atoms with Gasteiger partial charge in [0, 0.05) is 12.2 Å². The van der Waals surface area contributed by atoms with Crippen molar-refractivity contribution in [1.82, 2.24) is 20.2 Å². The number of tetrazole rings is 1. The molecule has 6 nitrogen and oxygen atoms in total. The van der Waals surface area contributed by atoms with Crippen molar-refractivity contribution in [2.75, 3.05) is 17.2 Å². The lowest BCUT2D eigenvalue weighted by Crippen LogP contribution is -2.30. The Morgan fingerprint density at radius 1 is 1.14 bits per heavy atom. The van der Waals surface area contributed by atoms with Crippen molar-refractivity contribution in [3.8, 4) is 5.69 Å². The molecule has 0 spiro atoms. The van der Waals surface area contributed by atoms with Gasteiger partial charge >= 0.3 is 0 Å². The monoisotopic (exact) mass is 393 g/mol. The maximum absolute atomic E-state index is 12.7. The lowest BCUT2D eigenvalue weighted by atomic mass is 10.1. The van der Waals surface area contributed by atoms with Crippen LogP contribution in [0.25, 0.3) is 5.69 Å². The van der Waals surface area contributed by atoms with Crippen LogP contribution in [0.3, 0.4) is 0 Å². The number of unbranched alkanes of at least 4 members (excludes halogenated alkanes) is 1. The molecule has 0 bridgehead atoms. The van der Waals surface area contributed by atoms with E-state index < -0.39 is 0 Å². The van der Waals surface area contributed by atoms with Gasteiger partial charge in [-0.2, -0.15) is 4.68 Å². The van der Waals surface area contributed by atoms with E-state index in [1.807, 2.05) is 35.2 Å². The highest BCUT2D eigenvalue weighted by Crippen LogP contribution is 2.28. The molecule has 1 amide bonds. The highest BCUT2D eigenvalue weighted by atomic mass is 32.2. The number of para-hydroxylation sites is 1. The Labute approximate surface area is 168 Å². The minimum atomic E-state index is 0.0828. The number of fused-ring (bicyclic) bond motifs is 1. The molecule has 7 heteroatoms. The number of anilines is 1. The Morgan fingerprint density at radius 2 is 1.96 bits per heavy atom. The zero-order valence-corrected chi connectivity index (χ0v) is 16.7. The number of rotatable bonds is 7. The second kappa shape index (κ2) is 8.56. The molecule has 1 aliphatic rings. The SMILES string of the molecule is CCCCc1ccc(-n2nnnc2SCC(=O)N2CCc3ccccc32)cc1. The molecule has 1 aromatic heterocycles. The van der Waals surface area contributed by atoms with Crippen LogP contribution in [-0.4, -0.2) is 38.4 Å². The second-order valence-corrected chi connectivity index (χ2v) is 7.80. The number of hydrogen-bond acceptors (Lipinski definition) is 5. The van der Waals surface area contributed by atoms with E-state index in [4.69, 9.17) is 0 Å². The van der Waals surface area contributed by atoms with Crippen LogP contribution < -0.4 is 4.90 Å². The van der Waals surface area contributed by atoms with Crippen LogP contribution in [0.15, 0.2) is 53.7 Å². The average molecular weight is 394 g/mol. The fourth-order valence-electron chi connectivity index (χ4n) is 3.42. The molecule has 0 saturated carbocycles. The van der Waals surface area contributed by atoms with Crippen molar-refractivity contribution < 1.29 is 4.79 Å². The van der Waals surface area contributed by atoms with Gasteiger partial charge in [0.15, 0.2) is 0 Å². The first-order valence-corrected chi connectivity index (χ1v) is 10.6. The van der Waals surface area contributed by atoms with Crippen molar-refractivity contribution >= 4 is 23.4 Å². The van der Waals surface area contributed by atoms with E-state index in [2.05, 4.69) is 40.6 Å². The van der Waals surface area contributed by atoms with Crippen molar-refractivity contribution in [2.45, 2.75) is 37.8 Å². The first-order valence-electron chi connectivity index (χ1n) is 9.65. The Bertz CT molecular complexity index is 953. The fraction of sp³-hybridized carbons (Fsp3) is 0.333. The molecule has 0 fully saturated rings. The van der Waals surface area contributed by atoms with Crippen molar-refractivity contribution in [2.24, 2.45) is 0 Å². The summed E-state index contributed by atoms with van der Waals surface area (Å²) in [7, 11) is 0. The molecule has 1 aliphatic heterocycles. The van der Waals surface area contributed by atoms with E-state index in [1.54, 1.807) is 4.68 Å². The first-order chi connectivity index (χ1) is 13.8. The predicted molar refractivity (Wildman–Crippen MR) is 111 cm³/mol. The standard InChI is InChI=1S/C21H23N5OS/c1-2-3-6-16-9-11-18(12-10-16)26-21(22-23-24-26)28-15-20(27)25-14-13-17-7-4-5-8-19(17)25/h4-5,7-12H,2-3,6,13-15H2,1H3. The van der Waals surface area contributed by atoms with Gasteiger partial charge < -0.3 is 4.90 Å². The number of nitrogens with zero attached hydrogens (tertiary/aromatic N) is 5. The molecule has 4 rings (SSSR count). The summed E-state index contributed by atoms with van der Waals surface area (Å²) in [6.45, 7) is 2.93. The number of amides is 1. The van der Waals surface area contributed by atoms with E-state index >= 15 is 0 Å². The number of aromatic nitrogens is 4. The summed E-state index contributed by atoms with van der Waals surface area (Å²) in [5.41, 5.74) is 4.48. The van der Waals surface area contributed by atoms with Crippen LogP contribution in [0.4, 0.5) is 5.69 Å². The minimum Gasteiger partial charge on any atom is -0.311 e. The molecule has 0 saturated heterocycles. The first kappa shape index (κ1) is 18.7. The average Bonchev–Trinajstić information content (AvgIpc) is 3.38. The molecule has 28 heavy (non-hydrogen) atoms. The summed E-state index contributed by atoms with van der Waals surface area (Å²) in [6, 6.07) is 16.4. The number of carbonyl (C=O) groups excluding carboxylic acids is 1. The third-order valence-corrected chi connectivity index (χ3v) is 5.86. The van der Waals surface area contributed by atoms with Gasteiger partial charge in [-0.3, -0.25) is 4.79 Å². The normalized spacial score (nSPS) is 13.0. The van der Waals surface area contributed by atoms with Gasteiger partial charge in [-0.05, 0) is 59.0 Å². The molecule has 0 aliphatic carbocycles. The lowest BCUT2D eigenvalue weighted by Gasteiger charge is -2.16. The van der Waals surface area contributed by atoms with Crippen molar-refractivity contribution in [1.29, 1.82) is 0 Å². The molecule has 144 valence electrons. The molecule has 3 aromatic rings. The third kappa shape index (κ3) is 3.94. The smallest absolute Gasteiger partial charge is 0.237 e. The van der Waals surface area contributed by atoms with Gasteiger partial charge in [0.05, 0.1) is 11.4 Å². The van der Waals surface area contributed by atoms with E-state index in [0.717, 1.165) is 30.8 Å². The quantitative estimate of drug-likeness (QED) is 0.573. The summed E-state index contributed by atoms with van der Waals surface area (Å²) in [6.07, 6.45) is 4.37. The van der Waals surface area contributed by atoms with Gasteiger partial charge in [-0.1, -0.05) is 55.4 Å². The Morgan fingerprint density at radius 3 is 2.79 bits per heavy atom. The third-order valence-electron chi connectivity index (χ3n) is 4.95. The Hall–Kier alpha value is -2.67. The molecular formula is C21H23N5OS. The number of carbonyl (C=O) groups is 1. The number of benzene rings is 2. The highest BCUT2D eigenvalue weighted by Gasteiger charge is 2.24. The largest absolute Gasteiger partial charge is 0.311 e. The van der Waals surface area contributed by atoms with E-state index in [1.165, 1.54) is 35.7 Å². The molecular weight excluding hydrogens is 370 g/mol. The van der Waals surface area contributed by atoms with Crippen LogP contribution in [0.2, 0.25) is 0 Å². The van der Waals surface area contributed by atoms with Crippen LogP contribution in [-0.2, 0) is 17.6 Å². The van der Waals surface area contributed by atoms with Crippen molar-refractivity contribution in [3.63, 3.8) is 0 Å². The summed E-state index contributed by atoms with van der Waals surface area (Å²) in [5.74, 6) is 0.392. The minimum absolute atomic E-state index is 0.0828. The highest BCUT2D eigenvalue weighted by molar-refractivity contribution is 7.99. The van der Waals surface area contributed by atoms with Crippen LogP contribution in [0, 0.1) is 0 Å². The Kier molecular flexibility index (Phi) is 5.71. The van der Waals surface area contributed by atoms with Gasteiger partial charge in [-0.25, -0.2) is 0 Å².